The maximum atomic E-state index is 13.0. The van der Waals surface area contributed by atoms with E-state index in [2.05, 4.69) is 5.32 Å². The molecule has 1 N–H and O–H groups in total. The predicted octanol–water partition coefficient (Wildman–Crippen LogP) is 3.87. The van der Waals surface area contributed by atoms with Crippen molar-refractivity contribution in [1.29, 1.82) is 0 Å². The van der Waals surface area contributed by atoms with Gasteiger partial charge < -0.3 is 14.8 Å². The van der Waals surface area contributed by atoms with Crippen molar-refractivity contribution in [3.63, 3.8) is 0 Å². The van der Waals surface area contributed by atoms with Crippen LogP contribution >= 0.6 is 0 Å². The summed E-state index contributed by atoms with van der Waals surface area (Å²) in [6.07, 6.45) is -0.121. The predicted molar refractivity (Wildman–Crippen MR) is 90.7 cm³/mol. The van der Waals surface area contributed by atoms with E-state index in [-0.39, 0.29) is 17.8 Å². The Bertz CT molecular complexity index is 673. The quantitative estimate of drug-likeness (QED) is 0.838. The minimum absolute atomic E-state index is 0.222. The number of benzene rings is 2. The van der Waals surface area contributed by atoms with Crippen molar-refractivity contribution in [3.8, 4) is 11.5 Å². The van der Waals surface area contributed by atoms with E-state index in [0.29, 0.717) is 17.9 Å². The van der Waals surface area contributed by atoms with Crippen LogP contribution in [-0.2, 0) is 4.79 Å². The molecule has 2 aromatic carbocycles. The van der Waals surface area contributed by atoms with Crippen molar-refractivity contribution >= 4 is 5.91 Å². The van der Waals surface area contributed by atoms with Crippen molar-refractivity contribution in [1.82, 2.24) is 5.32 Å². The Morgan fingerprint density at radius 3 is 2.33 bits per heavy atom. The molecule has 2 aromatic rings. The van der Waals surface area contributed by atoms with Crippen LogP contribution in [0.2, 0.25) is 0 Å². The molecular weight excluding hydrogens is 309 g/mol. The zero-order chi connectivity index (χ0) is 17.5. The van der Waals surface area contributed by atoms with Gasteiger partial charge in [-0.3, -0.25) is 4.79 Å². The first-order chi connectivity index (χ1) is 11.5. The van der Waals surface area contributed by atoms with Crippen LogP contribution < -0.4 is 14.8 Å². The molecule has 0 saturated heterocycles. The van der Waals surface area contributed by atoms with Gasteiger partial charge in [-0.2, -0.15) is 0 Å². The Balaban J connectivity index is 2.04. The molecule has 0 bridgehead atoms. The third kappa shape index (κ3) is 4.47. The fourth-order valence-electron chi connectivity index (χ4n) is 2.33. The highest BCUT2D eigenvalue weighted by atomic mass is 19.1. The summed E-state index contributed by atoms with van der Waals surface area (Å²) in [6, 6.07) is 13.0. The Morgan fingerprint density at radius 2 is 1.75 bits per heavy atom. The molecule has 0 heterocycles. The lowest BCUT2D eigenvalue weighted by molar-refractivity contribution is -0.128. The Morgan fingerprint density at radius 1 is 1.12 bits per heavy atom. The van der Waals surface area contributed by atoms with Crippen molar-refractivity contribution in [2.24, 2.45) is 0 Å². The molecule has 128 valence electrons. The van der Waals surface area contributed by atoms with Gasteiger partial charge in [-0.15, -0.1) is 0 Å². The topological polar surface area (TPSA) is 47.6 Å². The van der Waals surface area contributed by atoms with Crippen LogP contribution in [0.1, 0.15) is 31.9 Å². The van der Waals surface area contributed by atoms with Crippen LogP contribution in [0.4, 0.5) is 4.39 Å². The smallest absolute Gasteiger partial charge is 0.261 e. The van der Waals surface area contributed by atoms with Crippen LogP contribution in [0.3, 0.4) is 0 Å². The fourth-order valence-corrected chi connectivity index (χ4v) is 2.33. The minimum atomic E-state index is -0.635. The average molecular weight is 331 g/mol. The number of carbonyl (C=O) groups excluding carboxylic acids is 1. The number of hydrogen-bond donors (Lipinski definition) is 1. The molecule has 1 amide bonds. The number of para-hydroxylation sites is 2. The number of ether oxygens (including phenoxy) is 2. The second kappa shape index (κ2) is 8.34. The number of carbonyl (C=O) groups is 1. The molecule has 2 atom stereocenters. The third-order valence-corrected chi connectivity index (χ3v) is 3.73. The summed E-state index contributed by atoms with van der Waals surface area (Å²) in [4.78, 5) is 12.5. The van der Waals surface area contributed by atoms with Gasteiger partial charge in [0, 0.05) is 0 Å². The molecule has 0 aliphatic rings. The number of rotatable bonds is 7. The summed E-state index contributed by atoms with van der Waals surface area (Å²) in [5, 5.41) is 2.90. The molecule has 0 aliphatic carbocycles. The SMILES string of the molecule is CC[C@@H](Oc1ccccc1OC)C(=O)N[C@H](C)c1ccc(F)cc1. The molecule has 0 aromatic heterocycles. The summed E-state index contributed by atoms with van der Waals surface area (Å²) < 4.78 is 24.0. The van der Waals surface area contributed by atoms with Gasteiger partial charge >= 0.3 is 0 Å². The second-order valence-electron chi connectivity index (χ2n) is 5.45. The molecule has 2 rings (SSSR count). The zero-order valence-corrected chi connectivity index (χ0v) is 14.1. The largest absolute Gasteiger partial charge is 0.493 e. The molecule has 0 radical (unpaired) electrons. The molecule has 5 heteroatoms. The number of methoxy groups -OCH3 is 1. The van der Waals surface area contributed by atoms with Gasteiger partial charge in [0.1, 0.15) is 5.82 Å². The highest BCUT2D eigenvalue weighted by Crippen LogP contribution is 2.27. The third-order valence-electron chi connectivity index (χ3n) is 3.73. The molecular formula is C19H22FNO3. The highest BCUT2D eigenvalue weighted by molar-refractivity contribution is 5.81. The Labute approximate surface area is 141 Å². The van der Waals surface area contributed by atoms with E-state index in [1.165, 1.54) is 12.1 Å². The fraction of sp³-hybridized carbons (Fsp3) is 0.316. The maximum Gasteiger partial charge on any atom is 0.261 e. The first kappa shape index (κ1) is 17.8. The van der Waals surface area contributed by atoms with E-state index in [1.807, 2.05) is 26.0 Å². The zero-order valence-electron chi connectivity index (χ0n) is 14.1. The standard InChI is InChI=1S/C19H22FNO3/c1-4-16(24-18-8-6-5-7-17(18)23-3)19(22)21-13(2)14-9-11-15(20)12-10-14/h5-13,16H,4H2,1-3H3,(H,21,22)/t13-,16-/m1/s1. The Hall–Kier alpha value is -2.56. The van der Waals surface area contributed by atoms with E-state index in [9.17, 15) is 9.18 Å². The molecule has 0 unspecified atom stereocenters. The highest BCUT2D eigenvalue weighted by Gasteiger charge is 2.22. The van der Waals surface area contributed by atoms with Crippen molar-refractivity contribution in [2.75, 3.05) is 7.11 Å². The summed E-state index contributed by atoms with van der Waals surface area (Å²) in [5.74, 6) is 0.579. The van der Waals surface area contributed by atoms with Crippen molar-refractivity contribution in [2.45, 2.75) is 32.4 Å². The van der Waals surface area contributed by atoms with E-state index >= 15 is 0 Å². The van der Waals surface area contributed by atoms with Crippen molar-refractivity contribution in [3.05, 3.63) is 59.9 Å². The minimum Gasteiger partial charge on any atom is -0.493 e. The summed E-state index contributed by atoms with van der Waals surface area (Å²) >= 11 is 0. The van der Waals surface area contributed by atoms with Gasteiger partial charge in [-0.25, -0.2) is 4.39 Å². The molecule has 4 nitrogen and oxygen atoms in total. The first-order valence-corrected chi connectivity index (χ1v) is 7.90. The Kier molecular flexibility index (Phi) is 6.18. The summed E-state index contributed by atoms with van der Waals surface area (Å²) in [7, 11) is 1.56. The number of halogens is 1. The van der Waals surface area contributed by atoms with Gasteiger partial charge in [0.15, 0.2) is 17.6 Å². The molecule has 0 spiro atoms. The van der Waals surface area contributed by atoms with E-state index in [1.54, 1.807) is 31.4 Å². The summed E-state index contributed by atoms with van der Waals surface area (Å²) in [5.41, 5.74) is 0.830. The van der Waals surface area contributed by atoms with E-state index in [4.69, 9.17) is 9.47 Å². The average Bonchev–Trinajstić information content (AvgIpc) is 2.60. The number of hydrogen-bond acceptors (Lipinski definition) is 3. The van der Waals surface area contributed by atoms with Crippen LogP contribution in [0.15, 0.2) is 48.5 Å². The molecule has 24 heavy (non-hydrogen) atoms. The van der Waals surface area contributed by atoms with Gasteiger partial charge in [-0.1, -0.05) is 31.2 Å². The number of nitrogens with one attached hydrogen (secondary N) is 1. The van der Waals surface area contributed by atoms with Crippen LogP contribution in [0.5, 0.6) is 11.5 Å². The molecule has 0 saturated carbocycles. The van der Waals surface area contributed by atoms with Gasteiger partial charge in [0.2, 0.25) is 0 Å². The monoisotopic (exact) mass is 331 g/mol. The molecule has 0 fully saturated rings. The van der Waals surface area contributed by atoms with Crippen molar-refractivity contribution < 1.29 is 18.7 Å². The first-order valence-electron chi connectivity index (χ1n) is 7.90. The van der Waals surface area contributed by atoms with E-state index < -0.39 is 6.10 Å². The van der Waals surface area contributed by atoms with Gasteiger partial charge in [-0.05, 0) is 43.2 Å². The molecule has 0 aliphatic heterocycles. The van der Waals surface area contributed by atoms with Crippen LogP contribution in [-0.4, -0.2) is 19.1 Å². The van der Waals surface area contributed by atoms with Crippen LogP contribution in [0.25, 0.3) is 0 Å². The van der Waals surface area contributed by atoms with Crippen LogP contribution in [0, 0.1) is 5.82 Å². The van der Waals surface area contributed by atoms with Gasteiger partial charge in [0.25, 0.3) is 5.91 Å². The second-order valence-corrected chi connectivity index (χ2v) is 5.45. The van der Waals surface area contributed by atoms with E-state index in [0.717, 1.165) is 5.56 Å². The lowest BCUT2D eigenvalue weighted by Crippen LogP contribution is -2.39. The normalized spacial score (nSPS) is 13.0. The summed E-state index contributed by atoms with van der Waals surface area (Å²) in [6.45, 7) is 3.73. The van der Waals surface area contributed by atoms with Gasteiger partial charge in [0.05, 0.1) is 13.2 Å². The maximum absolute atomic E-state index is 13.0. The lowest BCUT2D eigenvalue weighted by atomic mass is 10.1. The number of amides is 1. The lowest BCUT2D eigenvalue weighted by Gasteiger charge is -2.21.